The smallest absolute Gasteiger partial charge is 0.258 e. The van der Waals surface area contributed by atoms with Crippen molar-refractivity contribution >= 4 is 16.9 Å². The van der Waals surface area contributed by atoms with Crippen molar-refractivity contribution in [3.8, 4) is 0 Å². The second-order valence-electron chi connectivity index (χ2n) is 2.97. The molecule has 0 atom stereocenters. The third kappa shape index (κ3) is 1.10. The van der Waals surface area contributed by atoms with E-state index in [2.05, 4.69) is 10.3 Å². The minimum atomic E-state index is -0.0331. The number of fused-ring (bicyclic) bond motifs is 1. The van der Waals surface area contributed by atoms with Crippen LogP contribution >= 0.6 is 0 Å². The van der Waals surface area contributed by atoms with Crippen LogP contribution in [0.25, 0.3) is 10.9 Å². The molecule has 0 aliphatic rings. The summed E-state index contributed by atoms with van der Waals surface area (Å²) < 4.78 is 1.41. The molecule has 3 N–H and O–H groups in total. The van der Waals surface area contributed by atoms with Gasteiger partial charge in [-0.3, -0.25) is 0 Å². The Morgan fingerprint density at radius 3 is 2.93 bits per heavy atom. The molecular formula is C9H10N4O. The molecule has 2 rings (SSSR count). The van der Waals surface area contributed by atoms with Crippen LogP contribution < -0.4 is 5.73 Å². The Labute approximate surface area is 80.4 Å². The Balaban J connectivity index is 2.79. The molecule has 5 heteroatoms. The van der Waals surface area contributed by atoms with Crippen LogP contribution in [0.4, 0.5) is 0 Å². The van der Waals surface area contributed by atoms with Crippen molar-refractivity contribution in [1.82, 2.24) is 9.78 Å². The van der Waals surface area contributed by atoms with Gasteiger partial charge < -0.3 is 10.9 Å². The van der Waals surface area contributed by atoms with Crippen LogP contribution in [0.3, 0.4) is 0 Å². The number of hydrogen-bond donors (Lipinski definition) is 2. The third-order valence-corrected chi connectivity index (χ3v) is 2.09. The summed E-state index contributed by atoms with van der Waals surface area (Å²) in [6, 6.07) is 7.62. The van der Waals surface area contributed by atoms with Gasteiger partial charge in [-0.1, -0.05) is 18.2 Å². The monoisotopic (exact) mass is 190 g/mol. The zero-order valence-electron chi connectivity index (χ0n) is 7.68. The summed E-state index contributed by atoms with van der Waals surface area (Å²) in [5.41, 5.74) is 7.16. The Kier molecular flexibility index (Phi) is 1.85. The summed E-state index contributed by atoms with van der Waals surface area (Å²) in [6.45, 7) is 1.88. The Bertz CT molecular complexity index is 500. The normalized spacial score (nSPS) is 12.2. The van der Waals surface area contributed by atoms with Crippen LogP contribution in [-0.2, 0) is 0 Å². The molecule has 0 aliphatic carbocycles. The molecule has 0 fully saturated rings. The van der Waals surface area contributed by atoms with E-state index >= 15 is 0 Å². The quantitative estimate of drug-likeness (QED) is 0.280. The molecule has 0 bridgehead atoms. The molecule has 1 heterocycles. The number of aryl methyl sites for hydroxylation is 1. The highest BCUT2D eigenvalue weighted by atomic mass is 16.4. The maximum Gasteiger partial charge on any atom is 0.258 e. The molecule has 0 aliphatic heterocycles. The molecule has 0 saturated carbocycles. The number of benzene rings is 1. The van der Waals surface area contributed by atoms with Gasteiger partial charge in [-0.25, -0.2) is 0 Å². The predicted octanol–water partition coefficient (Wildman–Crippen LogP) is 0.897. The molecule has 1 aromatic carbocycles. The second kappa shape index (κ2) is 3.02. The first kappa shape index (κ1) is 8.55. The van der Waals surface area contributed by atoms with Crippen LogP contribution in [0.5, 0.6) is 0 Å². The van der Waals surface area contributed by atoms with Crippen molar-refractivity contribution in [3.05, 3.63) is 30.0 Å². The molecule has 5 nitrogen and oxygen atoms in total. The number of nitrogens with two attached hydrogens (primary N) is 1. The van der Waals surface area contributed by atoms with Crippen molar-refractivity contribution in [2.75, 3.05) is 0 Å². The molecule has 14 heavy (non-hydrogen) atoms. The fourth-order valence-corrected chi connectivity index (χ4v) is 1.44. The van der Waals surface area contributed by atoms with Gasteiger partial charge in [0.05, 0.1) is 11.2 Å². The van der Waals surface area contributed by atoms with E-state index in [-0.39, 0.29) is 5.96 Å². The summed E-state index contributed by atoms with van der Waals surface area (Å²) >= 11 is 0. The number of aromatic nitrogens is 2. The Morgan fingerprint density at radius 1 is 1.50 bits per heavy atom. The molecule has 0 radical (unpaired) electrons. The van der Waals surface area contributed by atoms with Gasteiger partial charge in [0.25, 0.3) is 5.96 Å². The van der Waals surface area contributed by atoms with E-state index in [0.717, 1.165) is 16.6 Å². The van der Waals surface area contributed by atoms with Crippen molar-refractivity contribution in [2.24, 2.45) is 10.9 Å². The Hall–Kier alpha value is -2.04. The van der Waals surface area contributed by atoms with Gasteiger partial charge in [0, 0.05) is 5.39 Å². The zero-order valence-corrected chi connectivity index (χ0v) is 7.68. The number of para-hydroxylation sites is 1. The van der Waals surface area contributed by atoms with E-state index in [0.29, 0.717) is 0 Å². The first-order valence-electron chi connectivity index (χ1n) is 4.16. The average Bonchev–Trinajstić information content (AvgIpc) is 2.56. The number of oxime groups is 1. The summed E-state index contributed by atoms with van der Waals surface area (Å²) in [5, 5.41) is 16.6. The molecule has 0 unspecified atom stereocenters. The highest BCUT2D eigenvalue weighted by Gasteiger charge is 2.08. The van der Waals surface area contributed by atoms with Gasteiger partial charge in [0.15, 0.2) is 0 Å². The first-order chi connectivity index (χ1) is 6.74. The highest BCUT2D eigenvalue weighted by Crippen LogP contribution is 2.16. The van der Waals surface area contributed by atoms with Crippen molar-refractivity contribution in [1.29, 1.82) is 0 Å². The van der Waals surface area contributed by atoms with E-state index in [1.807, 2.05) is 31.2 Å². The zero-order chi connectivity index (χ0) is 10.1. The van der Waals surface area contributed by atoms with Gasteiger partial charge in [0.1, 0.15) is 0 Å². The van der Waals surface area contributed by atoms with Gasteiger partial charge in [-0.15, -0.1) is 0 Å². The minimum Gasteiger partial charge on any atom is -0.408 e. The third-order valence-electron chi connectivity index (χ3n) is 2.09. The SMILES string of the molecule is Cc1nn(/C(N)=N/O)c2ccccc12. The highest BCUT2D eigenvalue weighted by molar-refractivity contribution is 5.92. The summed E-state index contributed by atoms with van der Waals surface area (Å²) in [7, 11) is 0. The largest absolute Gasteiger partial charge is 0.408 e. The average molecular weight is 190 g/mol. The lowest BCUT2D eigenvalue weighted by molar-refractivity contribution is 0.315. The van der Waals surface area contributed by atoms with E-state index in [9.17, 15) is 0 Å². The molecular weight excluding hydrogens is 180 g/mol. The van der Waals surface area contributed by atoms with E-state index in [1.165, 1.54) is 4.68 Å². The topological polar surface area (TPSA) is 76.4 Å². The van der Waals surface area contributed by atoms with Crippen molar-refractivity contribution < 1.29 is 5.21 Å². The van der Waals surface area contributed by atoms with E-state index in [4.69, 9.17) is 10.9 Å². The molecule has 0 spiro atoms. The van der Waals surface area contributed by atoms with E-state index < -0.39 is 0 Å². The van der Waals surface area contributed by atoms with Gasteiger partial charge >= 0.3 is 0 Å². The van der Waals surface area contributed by atoms with E-state index in [1.54, 1.807) is 0 Å². The second-order valence-corrected chi connectivity index (χ2v) is 2.97. The first-order valence-corrected chi connectivity index (χ1v) is 4.16. The van der Waals surface area contributed by atoms with Crippen LogP contribution in [0, 0.1) is 6.92 Å². The summed E-state index contributed by atoms with van der Waals surface area (Å²) in [4.78, 5) is 0. The van der Waals surface area contributed by atoms with Gasteiger partial charge in [0.2, 0.25) is 0 Å². The minimum absolute atomic E-state index is 0.0331. The van der Waals surface area contributed by atoms with Gasteiger partial charge in [-0.2, -0.15) is 9.78 Å². The lowest BCUT2D eigenvalue weighted by atomic mass is 10.2. The molecule has 1 aromatic heterocycles. The maximum atomic E-state index is 8.56. The molecule has 0 saturated heterocycles. The maximum absolute atomic E-state index is 8.56. The van der Waals surface area contributed by atoms with Crippen LogP contribution in [0.15, 0.2) is 29.4 Å². The molecule has 2 aromatic rings. The molecule has 0 amide bonds. The van der Waals surface area contributed by atoms with Crippen LogP contribution in [0.1, 0.15) is 5.69 Å². The van der Waals surface area contributed by atoms with Crippen molar-refractivity contribution in [2.45, 2.75) is 6.92 Å². The standard InChI is InChI=1S/C9H10N4O/c1-6-7-4-2-3-5-8(7)13(11-6)9(10)12-14/h2-5,14H,1H3,(H2,10,12). The predicted molar refractivity (Wildman–Crippen MR) is 53.3 cm³/mol. The fourth-order valence-electron chi connectivity index (χ4n) is 1.44. The number of rotatable bonds is 0. The fraction of sp³-hybridized carbons (Fsp3) is 0.111. The van der Waals surface area contributed by atoms with Gasteiger partial charge in [-0.05, 0) is 18.1 Å². The van der Waals surface area contributed by atoms with Crippen LogP contribution in [-0.4, -0.2) is 20.9 Å². The lowest BCUT2D eigenvalue weighted by Gasteiger charge is -1.98. The summed E-state index contributed by atoms with van der Waals surface area (Å²) in [5.74, 6) is -0.0331. The van der Waals surface area contributed by atoms with Crippen LogP contribution in [0.2, 0.25) is 0 Å². The number of hydrogen-bond acceptors (Lipinski definition) is 3. The number of nitrogens with zero attached hydrogens (tertiary/aromatic N) is 3. The lowest BCUT2D eigenvalue weighted by Crippen LogP contribution is -2.23. The molecule has 72 valence electrons. The Morgan fingerprint density at radius 2 is 2.21 bits per heavy atom. The van der Waals surface area contributed by atoms with Crippen molar-refractivity contribution in [3.63, 3.8) is 0 Å². The summed E-state index contributed by atoms with van der Waals surface area (Å²) in [6.07, 6.45) is 0.